The van der Waals surface area contributed by atoms with Crippen LogP contribution in [0.4, 0.5) is 14.5 Å². The summed E-state index contributed by atoms with van der Waals surface area (Å²) in [5, 5.41) is 8.66. The predicted octanol–water partition coefficient (Wildman–Crippen LogP) is 3.56. The molecule has 7 nitrogen and oxygen atoms in total. The largest absolute Gasteiger partial charge is 0.396 e. The summed E-state index contributed by atoms with van der Waals surface area (Å²) in [6.07, 6.45) is 3.92. The molecule has 1 aliphatic rings. The first-order chi connectivity index (χ1) is 16.4. The van der Waals surface area contributed by atoms with E-state index in [1.165, 1.54) is 12.1 Å². The maximum absolute atomic E-state index is 14.4. The van der Waals surface area contributed by atoms with Crippen LogP contribution in [-0.4, -0.2) is 45.9 Å². The quantitative estimate of drug-likeness (QED) is 0.303. The third-order valence-electron chi connectivity index (χ3n) is 6.24. The van der Waals surface area contributed by atoms with E-state index in [9.17, 15) is 8.78 Å². The Morgan fingerprint density at radius 2 is 2.12 bits per heavy atom. The standard InChI is InChI=1S/C25H31F2N7/c1-3-17(18-5-7-24-19(11-18)14-32-33(24)2)13-31-25(34-9-8-23(29)21(27)15-34)30-12-16-4-6-22(28)20(26)10-16/h4-7,10-11,13-14,21,23H,3,8-9,12,15,28-29H2,1-2H3,(H,30,31)/b17-13+. The van der Waals surface area contributed by atoms with Crippen LogP contribution in [0.3, 0.4) is 0 Å². The Kier molecular flexibility index (Phi) is 7.12. The molecule has 0 radical (unpaired) electrons. The number of allylic oxidation sites excluding steroid dienone is 1. The van der Waals surface area contributed by atoms with E-state index >= 15 is 0 Å². The number of nitrogens with two attached hydrogens (primary N) is 2. The van der Waals surface area contributed by atoms with E-state index in [4.69, 9.17) is 11.5 Å². The van der Waals surface area contributed by atoms with Crippen molar-refractivity contribution in [2.24, 2.45) is 17.8 Å². The van der Waals surface area contributed by atoms with Gasteiger partial charge in [0.15, 0.2) is 5.96 Å². The number of aromatic nitrogens is 2. The van der Waals surface area contributed by atoms with Crippen molar-refractivity contribution < 1.29 is 8.78 Å². The third kappa shape index (κ3) is 5.20. The lowest BCUT2D eigenvalue weighted by Gasteiger charge is -2.34. The maximum Gasteiger partial charge on any atom is 0.198 e. The molecule has 1 saturated heterocycles. The highest BCUT2D eigenvalue weighted by atomic mass is 19.1. The molecule has 1 aliphatic heterocycles. The number of nitrogens with one attached hydrogen (secondary N) is 1. The lowest BCUT2D eigenvalue weighted by molar-refractivity contribution is 0.167. The summed E-state index contributed by atoms with van der Waals surface area (Å²) in [4.78, 5) is 6.52. The second kappa shape index (κ2) is 10.2. The van der Waals surface area contributed by atoms with Crippen LogP contribution < -0.4 is 16.8 Å². The van der Waals surface area contributed by atoms with Crippen molar-refractivity contribution >= 4 is 28.1 Å². The monoisotopic (exact) mass is 467 g/mol. The third-order valence-corrected chi connectivity index (χ3v) is 6.24. The van der Waals surface area contributed by atoms with Gasteiger partial charge in [0, 0.05) is 31.2 Å². The van der Waals surface area contributed by atoms with E-state index in [0.29, 0.717) is 24.5 Å². The number of likely N-dealkylation sites (tertiary alicyclic amines) is 1. The Labute approximate surface area is 198 Å². The average molecular weight is 468 g/mol. The number of rotatable bonds is 5. The Hall–Kier alpha value is -3.46. The van der Waals surface area contributed by atoms with Gasteiger partial charge in [-0.15, -0.1) is 0 Å². The molecule has 180 valence electrons. The number of alkyl halides is 1. The number of hydrogen-bond donors (Lipinski definition) is 3. The molecule has 0 bridgehead atoms. The number of halogens is 2. The van der Waals surface area contributed by atoms with Crippen molar-refractivity contribution in [2.45, 2.75) is 38.5 Å². The van der Waals surface area contributed by atoms with E-state index in [1.54, 1.807) is 6.07 Å². The minimum atomic E-state index is -1.14. The maximum atomic E-state index is 14.4. The Balaban J connectivity index is 1.60. The van der Waals surface area contributed by atoms with Gasteiger partial charge in [0.1, 0.15) is 12.0 Å². The highest BCUT2D eigenvalue weighted by Gasteiger charge is 2.28. The molecule has 9 heteroatoms. The molecule has 0 spiro atoms. The second-order valence-electron chi connectivity index (χ2n) is 8.62. The van der Waals surface area contributed by atoms with Gasteiger partial charge in [-0.2, -0.15) is 5.10 Å². The average Bonchev–Trinajstić information content (AvgIpc) is 3.20. The molecule has 2 heterocycles. The van der Waals surface area contributed by atoms with Gasteiger partial charge in [0.05, 0.1) is 30.5 Å². The molecule has 4 rings (SSSR count). The molecule has 2 atom stereocenters. The number of benzene rings is 2. The van der Waals surface area contributed by atoms with Crippen LogP contribution in [0.15, 0.2) is 53.8 Å². The van der Waals surface area contributed by atoms with E-state index in [1.807, 2.05) is 35.1 Å². The minimum absolute atomic E-state index is 0.0949. The summed E-state index contributed by atoms with van der Waals surface area (Å²) in [6.45, 7) is 3.04. The van der Waals surface area contributed by atoms with Crippen LogP contribution in [-0.2, 0) is 13.6 Å². The van der Waals surface area contributed by atoms with Crippen molar-refractivity contribution in [3.05, 3.63) is 65.7 Å². The van der Waals surface area contributed by atoms with Crippen molar-refractivity contribution in [2.75, 3.05) is 18.8 Å². The van der Waals surface area contributed by atoms with Gasteiger partial charge >= 0.3 is 0 Å². The smallest absolute Gasteiger partial charge is 0.198 e. The Bertz CT molecular complexity index is 1220. The van der Waals surface area contributed by atoms with E-state index in [2.05, 4.69) is 34.5 Å². The number of hydrogen-bond acceptors (Lipinski definition) is 4. The first kappa shape index (κ1) is 23.7. The number of nitrogen functional groups attached to an aromatic ring is 1. The number of guanidine groups is 1. The normalized spacial score (nSPS) is 19.6. The molecule has 0 aliphatic carbocycles. The van der Waals surface area contributed by atoms with Gasteiger partial charge < -0.3 is 21.7 Å². The molecule has 5 N–H and O–H groups in total. The Morgan fingerprint density at radius 1 is 1.29 bits per heavy atom. The first-order valence-corrected chi connectivity index (χ1v) is 11.5. The topological polar surface area (TPSA) is 97.5 Å². The van der Waals surface area contributed by atoms with Crippen molar-refractivity contribution in [1.29, 1.82) is 0 Å². The van der Waals surface area contributed by atoms with E-state index in [-0.39, 0.29) is 18.8 Å². The van der Waals surface area contributed by atoms with Gasteiger partial charge in [-0.05, 0) is 53.8 Å². The summed E-state index contributed by atoms with van der Waals surface area (Å²) in [6, 6.07) is 10.4. The second-order valence-corrected chi connectivity index (χ2v) is 8.62. The minimum Gasteiger partial charge on any atom is -0.396 e. The van der Waals surface area contributed by atoms with Crippen LogP contribution >= 0.6 is 0 Å². The molecule has 2 unspecified atom stereocenters. The van der Waals surface area contributed by atoms with Crippen molar-refractivity contribution in [1.82, 2.24) is 20.0 Å². The zero-order valence-corrected chi connectivity index (χ0v) is 19.5. The summed E-state index contributed by atoms with van der Waals surface area (Å²) >= 11 is 0. The lowest BCUT2D eigenvalue weighted by Crippen LogP contribution is -2.53. The van der Waals surface area contributed by atoms with Crippen LogP contribution in [0.5, 0.6) is 0 Å². The zero-order valence-electron chi connectivity index (χ0n) is 19.5. The number of anilines is 1. The highest BCUT2D eigenvalue weighted by Crippen LogP contribution is 2.23. The van der Waals surface area contributed by atoms with Crippen LogP contribution in [0.2, 0.25) is 0 Å². The predicted molar refractivity (Wildman–Crippen MR) is 133 cm³/mol. The SMILES string of the molecule is CC/C(=C\NC(=NCc1ccc(N)c(F)c1)N1CCC(N)C(F)C1)c1ccc2c(cnn2C)c1. The van der Waals surface area contributed by atoms with Crippen LogP contribution in [0, 0.1) is 5.82 Å². The molecular weight excluding hydrogens is 436 g/mol. The number of nitrogens with zero attached hydrogens (tertiary/aromatic N) is 4. The summed E-state index contributed by atoms with van der Waals surface area (Å²) < 4.78 is 30.1. The zero-order chi connectivity index (χ0) is 24.2. The summed E-state index contributed by atoms with van der Waals surface area (Å²) in [7, 11) is 1.92. The van der Waals surface area contributed by atoms with Gasteiger partial charge in [0.25, 0.3) is 0 Å². The molecule has 1 aromatic heterocycles. The molecule has 2 aromatic carbocycles. The lowest BCUT2D eigenvalue weighted by atomic mass is 10.0. The van der Waals surface area contributed by atoms with Gasteiger partial charge in [-0.25, -0.2) is 13.8 Å². The van der Waals surface area contributed by atoms with E-state index in [0.717, 1.165) is 28.5 Å². The first-order valence-electron chi connectivity index (χ1n) is 11.5. The fourth-order valence-corrected chi connectivity index (χ4v) is 4.09. The van der Waals surface area contributed by atoms with Gasteiger partial charge in [0.2, 0.25) is 0 Å². The fourth-order valence-electron chi connectivity index (χ4n) is 4.09. The molecule has 3 aromatic rings. The van der Waals surface area contributed by atoms with E-state index < -0.39 is 18.0 Å². The molecule has 0 saturated carbocycles. The van der Waals surface area contributed by atoms with Gasteiger partial charge in [-0.1, -0.05) is 19.1 Å². The molecular formula is C25H31F2N7. The van der Waals surface area contributed by atoms with Crippen molar-refractivity contribution in [3.63, 3.8) is 0 Å². The highest BCUT2D eigenvalue weighted by molar-refractivity contribution is 5.85. The Morgan fingerprint density at radius 3 is 2.85 bits per heavy atom. The number of fused-ring (bicyclic) bond motifs is 1. The van der Waals surface area contributed by atoms with Crippen LogP contribution in [0.1, 0.15) is 30.9 Å². The molecule has 1 fully saturated rings. The number of piperidine rings is 1. The molecule has 34 heavy (non-hydrogen) atoms. The number of aryl methyl sites for hydroxylation is 1. The van der Waals surface area contributed by atoms with Gasteiger partial charge in [-0.3, -0.25) is 4.68 Å². The summed E-state index contributed by atoms with van der Waals surface area (Å²) in [5.74, 6) is 0.0501. The van der Waals surface area contributed by atoms with Crippen LogP contribution in [0.25, 0.3) is 16.5 Å². The number of aliphatic imine (C=N–C) groups is 1. The molecule has 0 amide bonds. The fraction of sp³-hybridized carbons (Fsp3) is 0.360. The summed E-state index contributed by atoms with van der Waals surface area (Å²) in [5.41, 5.74) is 15.4. The van der Waals surface area contributed by atoms with Crippen molar-refractivity contribution in [3.8, 4) is 0 Å².